The van der Waals surface area contributed by atoms with Crippen molar-refractivity contribution in [2.75, 3.05) is 5.32 Å². The summed E-state index contributed by atoms with van der Waals surface area (Å²) >= 11 is 0. The number of benzene rings is 4. The van der Waals surface area contributed by atoms with E-state index in [1.807, 2.05) is 48.5 Å². The van der Waals surface area contributed by atoms with Crippen LogP contribution in [0.4, 0.5) is 10.1 Å². The predicted octanol–water partition coefficient (Wildman–Crippen LogP) is 6.10. The Balaban J connectivity index is 1.55. The van der Waals surface area contributed by atoms with Crippen LogP contribution in [0.15, 0.2) is 96.6 Å². The van der Waals surface area contributed by atoms with Gasteiger partial charge in [-0.3, -0.25) is 4.79 Å². The van der Waals surface area contributed by atoms with Gasteiger partial charge in [-0.1, -0.05) is 60.7 Å². The number of nitrogens with one attached hydrogen (secondary N) is 1. The van der Waals surface area contributed by atoms with E-state index < -0.39 is 11.7 Å². The van der Waals surface area contributed by atoms with Gasteiger partial charge >= 0.3 is 0 Å². The number of carbonyl (C=O) groups excluding carboxylic acids is 1. The van der Waals surface area contributed by atoms with Gasteiger partial charge in [0.25, 0.3) is 5.91 Å². The number of amides is 1. The Labute approximate surface area is 185 Å². The van der Waals surface area contributed by atoms with Gasteiger partial charge in [-0.15, -0.1) is 0 Å². The molecule has 5 heteroatoms. The molecule has 0 bridgehead atoms. The fourth-order valence-corrected chi connectivity index (χ4v) is 3.34. The van der Waals surface area contributed by atoms with Crippen LogP contribution in [0.1, 0.15) is 11.1 Å². The first-order chi connectivity index (χ1) is 15.6. The zero-order valence-corrected chi connectivity index (χ0v) is 17.1. The molecule has 0 aliphatic heterocycles. The van der Waals surface area contributed by atoms with E-state index in [0.29, 0.717) is 23.6 Å². The Morgan fingerprint density at radius 3 is 2.47 bits per heavy atom. The molecule has 0 aromatic heterocycles. The molecule has 4 nitrogen and oxygen atoms in total. The standard InChI is InChI=1S/C27H19FN2O2/c28-23-12-14-24(15-13-23)30-27(31)22(17-29)16-20-7-2-4-11-26(20)32-18-21-9-5-8-19-6-1-3-10-25(19)21/h1-16H,18H2,(H,30,31)/b22-16+. The van der Waals surface area contributed by atoms with Crippen LogP contribution in [0.2, 0.25) is 0 Å². The van der Waals surface area contributed by atoms with Gasteiger partial charge in [-0.2, -0.15) is 5.26 Å². The summed E-state index contributed by atoms with van der Waals surface area (Å²) in [6.07, 6.45) is 1.48. The third-order valence-corrected chi connectivity index (χ3v) is 4.95. The second kappa shape index (κ2) is 9.59. The summed E-state index contributed by atoms with van der Waals surface area (Å²) in [5.74, 6) is -0.429. The third kappa shape index (κ3) is 4.82. The second-order valence-electron chi connectivity index (χ2n) is 7.10. The lowest BCUT2D eigenvalue weighted by Gasteiger charge is -2.12. The highest BCUT2D eigenvalue weighted by Gasteiger charge is 2.12. The second-order valence-corrected chi connectivity index (χ2v) is 7.10. The Morgan fingerprint density at radius 2 is 1.66 bits per heavy atom. The molecular formula is C27H19FN2O2. The molecular weight excluding hydrogens is 403 g/mol. The Morgan fingerprint density at radius 1 is 0.938 bits per heavy atom. The van der Waals surface area contributed by atoms with Crippen molar-refractivity contribution in [2.24, 2.45) is 0 Å². The highest BCUT2D eigenvalue weighted by atomic mass is 19.1. The summed E-state index contributed by atoms with van der Waals surface area (Å²) in [5.41, 5.74) is 1.96. The first-order valence-electron chi connectivity index (χ1n) is 10.0. The third-order valence-electron chi connectivity index (χ3n) is 4.95. The van der Waals surface area contributed by atoms with Gasteiger partial charge in [0.05, 0.1) is 0 Å². The van der Waals surface area contributed by atoms with E-state index >= 15 is 0 Å². The summed E-state index contributed by atoms with van der Waals surface area (Å²) in [7, 11) is 0. The van der Waals surface area contributed by atoms with Crippen molar-refractivity contribution >= 4 is 28.4 Å². The zero-order valence-electron chi connectivity index (χ0n) is 17.1. The number of ether oxygens (including phenoxy) is 1. The Hall–Kier alpha value is -4.43. The average molecular weight is 422 g/mol. The maximum absolute atomic E-state index is 13.1. The molecule has 1 amide bonds. The van der Waals surface area contributed by atoms with E-state index in [1.165, 1.54) is 30.3 Å². The molecule has 32 heavy (non-hydrogen) atoms. The van der Waals surface area contributed by atoms with Crippen LogP contribution < -0.4 is 10.1 Å². The van der Waals surface area contributed by atoms with E-state index in [4.69, 9.17) is 4.74 Å². The van der Waals surface area contributed by atoms with Gasteiger partial charge in [-0.25, -0.2) is 4.39 Å². The molecule has 4 rings (SSSR count). The van der Waals surface area contributed by atoms with Gasteiger partial charge < -0.3 is 10.1 Å². The molecule has 0 atom stereocenters. The van der Waals surface area contributed by atoms with Gasteiger partial charge in [0, 0.05) is 11.3 Å². The number of fused-ring (bicyclic) bond motifs is 1. The van der Waals surface area contributed by atoms with Crippen LogP contribution in [0.25, 0.3) is 16.8 Å². The summed E-state index contributed by atoms with van der Waals surface area (Å²) in [4.78, 5) is 12.5. The van der Waals surface area contributed by atoms with E-state index in [-0.39, 0.29) is 5.57 Å². The average Bonchev–Trinajstić information content (AvgIpc) is 2.83. The lowest BCUT2D eigenvalue weighted by Crippen LogP contribution is -2.13. The number of halogens is 1. The van der Waals surface area contributed by atoms with Crippen LogP contribution in [-0.4, -0.2) is 5.91 Å². The van der Waals surface area contributed by atoms with Crippen LogP contribution in [0.5, 0.6) is 5.75 Å². The SMILES string of the molecule is N#C/C(=C\c1ccccc1OCc1cccc2ccccc12)C(=O)Nc1ccc(F)cc1. The van der Waals surface area contributed by atoms with Gasteiger partial charge in [-0.05, 0) is 52.7 Å². The van der Waals surface area contributed by atoms with E-state index in [0.717, 1.165) is 16.3 Å². The number of nitriles is 1. The minimum Gasteiger partial charge on any atom is -0.488 e. The quantitative estimate of drug-likeness (QED) is 0.301. The first kappa shape index (κ1) is 20.8. The number of hydrogen-bond donors (Lipinski definition) is 1. The number of para-hydroxylation sites is 1. The van der Waals surface area contributed by atoms with Gasteiger partial charge in [0.1, 0.15) is 29.8 Å². The molecule has 0 radical (unpaired) electrons. The molecule has 0 aliphatic rings. The summed E-state index contributed by atoms with van der Waals surface area (Å²) in [6, 6.07) is 28.6. The normalized spacial score (nSPS) is 11.1. The lowest BCUT2D eigenvalue weighted by atomic mass is 10.1. The first-order valence-corrected chi connectivity index (χ1v) is 10.0. The molecule has 156 valence electrons. The minimum absolute atomic E-state index is 0.0875. The number of hydrogen-bond acceptors (Lipinski definition) is 3. The Kier molecular flexibility index (Phi) is 6.24. The van der Waals surface area contributed by atoms with E-state index in [2.05, 4.69) is 17.4 Å². The fraction of sp³-hybridized carbons (Fsp3) is 0.0370. The molecule has 0 spiro atoms. The molecule has 1 N–H and O–H groups in total. The maximum Gasteiger partial charge on any atom is 0.266 e. The molecule has 4 aromatic carbocycles. The van der Waals surface area contributed by atoms with Crippen molar-refractivity contribution in [2.45, 2.75) is 6.61 Å². The highest BCUT2D eigenvalue weighted by molar-refractivity contribution is 6.09. The van der Waals surface area contributed by atoms with Crippen molar-refractivity contribution in [1.82, 2.24) is 0 Å². The van der Waals surface area contributed by atoms with Crippen molar-refractivity contribution in [1.29, 1.82) is 5.26 Å². The highest BCUT2D eigenvalue weighted by Crippen LogP contribution is 2.25. The number of anilines is 1. The molecule has 0 aliphatic carbocycles. The van der Waals surface area contributed by atoms with Crippen molar-refractivity contribution in [3.63, 3.8) is 0 Å². The molecule has 4 aromatic rings. The van der Waals surface area contributed by atoms with E-state index in [1.54, 1.807) is 12.1 Å². The van der Waals surface area contributed by atoms with Crippen molar-refractivity contribution < 1.29 is 13.9 Å². The number of carbonyl (C=O) groups is 1. The molecule has 0 fully saturated rings. The van der Waals surface area contributed by atoms with Crippen molar-refractivity contribution in [3.05, 3.63) is 114 Å². The summed E-state index contributed by atoms with van der Waals surface area (Å²) in [6.45, 7) is 0.343. The monoisotopic (exact) mass is 422 g/mol. The van der Waals surface area contributed by atoms with Crippen LogP contribution in [0.3, 0.4) is 0 Å². The maximum atomic E-state index is 13.1. The fourth-order valence-electron chi connectivity index (χ4n) is 3.34. The summed E-state index contributed by atoms with van der Waals surface area (Å²) < 4.78 is 19.1. The number of nitrogens with zero attached hydrogens (tertiary/aromatic N) is 1. The van der Waals surface area contributed by atoms with E-state index in [9.17, 15) is 14.4 Å². The molecule has 0 heterocycles. The molecule has 0 unspecified atom stereocenters. The topological polar surface area (TPSA) is 62.1 Å². The van der Waals surface area contributed by atoms with Crippen LogP contribution >= 0.6 is 0 Å². The molecule has 0 saturated heterocycles. The van der Waals surface area contributed by atoms with Gasteiger partial charge in [0.2, 0.25) is 0 Å². The van der Waals surface area contributed by atoms with Crippen LogP contribution in [-0.2, 0) is 11.4 Å². The number of rotatable bonds is 6. The van der Waals surface area contributed by atoms with Crippen LogP contribution in [0, 0.1) is 17.1 Å². The lowest BCUT2D eigenvalue weighted by molar-refractivity contribution is -0.112. The zero-order chi connectivity index (χ0) is 22.3. The molecule has 0 saturated carbocycles. The van der Waals surface area contributed by atoms with Crippen molar-refractivity contribution in [3.8, 4) is 11.8 Å². The Bertz CT molecular complexity index is 1330. The predicted molar refractivity (Wildman–Crippen MR) is 123 cm³/mol. The minimum atomic E-state index is -0.581. The summed E-state index contributed by atoms with van der Waals surface area (Å²) in [5, 5.41) is 14.4. The largest absolute Gasteiger partial charge is 0.488 e. The smallest absolute Gasteiger partial charge is 0.266 e. The van der Waals surface area contributed by atoms with Gasteiger partial charge in [0.15, 0.2) is 0 Å².